The van der Waals surface area contributed by atoms with Crippen molar-refractivity contribution in [1.29, 1.82) is 0 Å². The van der Waals surface area contributed by atoms with Gasteiger partial charge in [-0.15, -0.1) is 0 Å². The Bertz CT molecular complexity index is 230. The van der Waals surface area contributed by atoms with Gasteiger partial charge in [0.1, 0.15) is 0 Å². The van der Waals surface area contributed by atoms with Gasteiger partial charge in [0.2, 0.25) is 5.91 Å². The van der Waals surface area contributed by atoms with Gasteiger partial charge in [0, 0.05) is 12.6 Å². The molecule has 94 valence electrons. The third-order valence-corrected chi connectivity index (χ3v) is 3.51. The first kappa shape index (κ1) is 13.5. The summed E-state index contributed by atoms with van der Waals surface area (Å²) in [5, 5.41) is 6.32. The van der Waals surface area contributed by atoms with Gasteiger partial charge in [0.05, 0.1) is 6.04 Å². The number of carbonyl (C=O) groups is 1. The summed E-state index contributed by atoms with van der Waals surface area (Å²) in [7, 11) is 4.05. The van der Waals surface area contributed by atoms with Crippen LogP contribution in [0.5, 0.6) is 0 Å². The number of hydrogen-bond acceptors (Lipinski definition) is 3. The number of likely N-dealkylation sites (N-methyl/N-ethyl adjacent to an activating group) is 1. The Hall–Kier alpha value is -0.610. The van der Waals surface area contributed by atoms with E-state index >= 15 is 0 Å². The van der Waals surface area contributed by atoms with E-state index in [0.717, 1.165) is 19.5 Å². The third kappa shape index (κ3) is 3.76. The molecule has 1 saturated heterocycles. The molecule has 1 heterocycles. The average Bonchev–Trinajstić information content (AvgIpc) is 2.25. The molecule has 0 aromatic heterocycles. The minimum absolute atomic E-state index is 0.00288. The van der Waals surface area contributed by atoms with E-state index < -0.39 is 0 Å². The number of hydrogen-bond donors (Lipinski definition) is 2. The molecule has 0 aromatic rings. The summed E-state index contributed by atoms with van der Waals surface area (Å²) in [6.45, 7) is 5.94. The van der Waals surface area contributed by atoms with Crippen LogP contribution in [0.15, 0.2) is 0 Å². The molecule has 0 aliphatic carbocycles. The topological polar surface area (TPSA) is 44.4 Å². The Balaban J connectivity index is 2.33. The van der Waals surface area contributed by atoms with Crippen LogP contribution >= 0.6 is 0 Å². The van der Waals surface area contributed by atoms with Crippen molar-refractivity contribution in [2.24, 2.45) is 5.92 Å². The van der Waals surface area contributed by atoms with Crippen LogP contribution in [0.3, 0.4) is 0 Å². The van der Waals surface area contributed by atoms with Crippen molar-refractivity contribution in [2.75, 3.05) is 27.2 Å². The summed E-state index contributed by atoms with van der Waals surface area (Å²) in [6, 6.07) is 0.381. The number of nitrogens with zero attached hydrogens (tertiary/aromatic N) is 1. The Morgan fingerprint density at radius 2 is 2.25 bits per heavy atom. The summed E-state index contributed by atoms with van der Waals surface area (Å²) < 4.78 is 0. The van der Waals surface area contributed by atoms with Crippen LogP contribution in [0.25, 0.3) is 0 Å². The Kier molecular flexibility index (Phi) is 5.22. The van der Waals surface area contributed by atoms with E-state index in [0.29, 0.717) is 12.0 Å². The molecule has 0 saturated carbocycles. The lowest BCUT2D eigenvalue weighted by Crippen LogP contribution is -2.52. The van der Waals surface area contributed by atoms with Crippen molar-refractivity contribution >= 4 is 5.91 Å². The monoisotopic (exact) mass is 227 g/mol. The summed E-state index contributed by atoms with van der Waals surface area (Å²) >= 11 is 0. The summed E-state index contributed by atoms with van der Waals surface area (Å²) in [6.07, 6.45) is 2.33. The largest absolute Gasteiger partial charge is 0.353 e. The molecular weight excluding hydrogens is 202 g/mol. The van der Waals surface area contributed by atoms with Crippen molar-refractivity contribution in [2.45, 2.75) is 38.8 Å². The van der Waals surface area contributed by atoms with Crippen molar-refractivity contribution in [3.8, 4) is 0 Å². The number of rotatable bonds is 4. The molecule has 1 rings (SSSR count). The van der Waals surface area contributed by atoms with E-state index in [9.17, 15) is 4.79 Å². The maximum Gasteiger partial charge on any atom is 0.237 e. The van der Waals surface area contributed by atoms with E-state index in [2.05, 4.69) is 29.4 Å². The van der Waals surface area contributed by atoms with Crippen LogP contribution in [-0.2, 0) is 4.79 Å². The highest BCUT2D eigenvalue weighted by atomic mass is 16.2. The molecule has 1 aliphatic rings. The third-order valence-electron chi connectivity index (χ3n) is 3.51. The molecule has 0 bridgehead atoms. The summed E-state index contributed by atoms with van der Waals surface area (Å²) in [5.74, 6) is 0.601. The molecule has 1 amide bonds. The molecule has 0 aromatic carbocycles. The summed E-state index contributed by atoms with van der Waals surface area (Å²) in [4.78, 5) is 14.1. The lowest BCUT2D eigenvalue weighted by Gasteiger charge is -2.30. The molecule has 2 N–H and O–H groups in total. The molecule has 3 unspecified atom stereocenters. The molecule has 1 fully saturated rings. The maximum atomic E-state index is 11.9. The highest BCUT2D eigenvalue weighted by Crippen LogP contribution is 2.15. The van der Waals surface area contributed by atoms with Gasteiger partial charge in [-0.1, -0.05) is 6.92 Å². The smallest absolute Gasteiger partial charge is 0.237 e. The lowest BCUT2D eigenvalue weighted by atomic mass is 9.92. The zero-order valence-corrected chi connectivity index (χ0v) is 10.9. The molecule has 0 spiro atoms. The minimum atomic E-state index is 0.00288. The van der Waals surface area contributed by atoms with Crippen molar-refractivity contribution < 1.29 is 4.79 Å². The quantitative estimate of drug-likeness (QED) is 0.732. The zero-order valence-electron chi connectivity index (χ0n) is 10.9. The fourth-order valence-electron chi connectivity index (χ4n) is 1.94. The first-order valence-corrected chi connectivity index (χ1v) is 6.20. The molecule has 16 heavy (non-hydrogen) atoms. The molecular formula is C12H25N3O. The second-order valence-corrected chi connectivity index (χ2v) is 5.11. The van der Waals surface area contributed by atoms with Gasteiger partial charge in [0.25, 0.3) is 0 Å². The van der Waals surface area contributed by atoms with E-state index in [4.69, 9.17) is 0 Å². The standard InChI is InChI=1S/C12H25N3O/c1-9-6-5-7-13-11(9)12(16)14-8-10(2)15(3)4/h9-11,13H,5-8H2,1-4H3,(H,14,16). The van der Waals surface area contributed by atoms with Gasteiger partial charge in [-0.05, 0) is 46.3 Å². The molecule has 0 radical (unpaired) electrons. The van der Waals surface area contributed by atoms with Crippen LogP contribution in [0.2, 0.25) is 0 Å². The predicted octanol–water partition coefficient (Wildman–Crippen LogP) is 0.441. The van der Waals surface area contributed by atoms with Crippen LogP contribution in [0.1, 0.15) is 26.7 Å². The van der Waals surface area contributed by atoms with Crippen LogP contribution in [0, 0.1) is 5.92 Å². The van der Waals surface area contributed by atoms with E-state index in [1.807, 2.05) is 14.1 Å². The average molecular weight is 227 g/mol. The van der Waals surface area contributed by atoms with Crippen molar-refractivity contribution in [3.05, 3.63) is 0 Å². The van der Waals surface area contributed by atoms with Crippen LogP contribution in [-0.4, -0.2) is 50.1 Å². The van der Waals surface area contributed by atoms with Crippen LogP contribution < -0.4 is 10.6 Å². The fourth-order valence-corrected chi connectivity index (χ4v) is 1.94. The van der Waals surface area contributed by atoms with Gasteiger partial charge in [-0.25, -0.2) is 0 Å². The van der Waals surface area contributed by atoms with Gasteiger partial charge >= 0.3 is 0 Å². The van der Waals surface area contributed by atoms with Crippen LogP contribution in [0.4, 0.5) is 0 Å². The normalized spacial score (nSPS) is 27.8. The maximum absolute atomic E-state index is 11.9. The van der Waals surface area contributed by atoms with Crippen molar-refractivity contribution in [3.63, 3.8) is 0 Å². The summed E-state index contributed by atoms with van der Waals surface area (Å²) in [5.41, 5.74) is 0. The number of nitrogens with one attached hydrogen (secondary N) is 2. The predicted molar refractivity (Wildman–Crippen MR) is 66.3 cm³/mol. The van der Waals surface area contributed by atoms with Gasteiger partial charge in [-0.3, -0.25) is 4.79 Å². The highest BCUT2D eigenvalue weighted by Gasteiger charge is 2.27. The second kappa shape index (κ2) is 6.21. The Morgan fingerprint density at radius 3 is 2.81 bits per heavy atom. The van der Waals surface area contributed by atoms with Crippen molar-refractivity contribution in [1.82, 2.24) is 15.5 Å². The lowest BCUT2D eigenvalue weighted by molar-refractivity contribution is -0.125. The van der Waals surface area contributed by atoms with E-state index in [-0.39, 0.29) is 11.9 Å². The number of carbonyl (C=O) groups excluding carboxylic acids is 1. The molecule has 3 atom stereocenters. The number of piperidine rings is 1. The second-order valence-electron chi connectivity index (χ2n) is 5.11. The minimum Gasteiger partial charge on any atom is -0.353 e. The molecule has 4 nitrogen and oxygen atoms in total. The first-order valence-electron chi connectivity index (χ1n) is 6.20. The molecule has 1 aliphatic heterocycles. The molecule has 4 heteroatoms. The SMILES string of the molecule is CC1CCCNC1C(=O)NCC(C)N(C)C. The zero-order chi connectivity index (χ0) is 12.1. The Labute approximate surface area is 98.8 Å². The van der Waals surface area contributed by atoms with Gasteiger partial charge < -0.3 is 15.5 Å². The van der Waals surface area contributed by atoms with Gasteiger partial charge in [0.15, 0.2) is 0 Å². The fraction of sp³-hybridized carbons (Fsp3) is 0.917. The van der Waals surface area contributed by atoms with Gasteiger partial charge in [-0.2, -0.15) is 0 Å². The highest BCUT2D eigenvalue weighted by molar-refractivity contribution is 5.82. The van der Waals surface area contributed by atoms with E-state index in [1.165, 1.54) is 6.42 Å². The number of amides is 1. The van der Waals surface area contributed by atoms with E-state index in [1.54, 1.807) is 0 Å². The Morgan fingerprint density at radius 1 is 1.56 bits per heavy atom. The first-order chi connectivity index (χ1) is 7.52.